The number of carbonyl (C=O) groups excluding carboxylic acids is 2. The summed E-state index contributed by atoms with van der Waals surface area (Å²) >= 11 is 0. The number of rotatable bonds is 6. The Bertz CT molecular complexity index is 869. The number of amides is 3. The molecular weight excluding hydrogens is 380 g/mol. The standard InChI is InChI=1S/C23H32N4O3/c1-17(2)25(4)16-20-8-6-5-7-19(20)15-24-23(29)27-13-11-26(12-14-27)22(28)21-10-9-18(3)30-21/h5-10,17H,11-16H2,1-4H3,(H,24,29). The van der Waals surface area contributed by atoms with Gasteiger partial charge >= 0.3 is 6.03 Å². The lowest BCUT2D eigenvalue weighted by Gasteiger charge is -2.34. The number of furan rings is 1. The van der Waals surface area contributed by atoms with E-state index in [1.165, 1.54) is 5.56 Å². The van der Waals surface area contributed by atoms with Crippen LogP contribution in [0.1, 0.15) is 41.3 Å². The molecule has 0 radical (unpaired) electrons. The van der Waals surface area contributed by atoms with Gasteiger partial charge in [0, 0.05) is 45.3 Å². The SMILES string of the molecule is Cc1ccc(C(=O)N2CCN(C(=O)NCc3ccccc3CN(C)C(C)C)CC2)o1. The smallest absolute Gasteiger partial charge is 0.317 e. The van der Waals surface area contributed by atoms with Crippen LogP contribution in [0.5, 0.6) is 0 Å². The first-order valence-electron chi connectivity index (χ1n) is 10.5. The van der Waals surface area contributed by atoms with Gasteiger partial charge in [0.1, 0.15) is 5.76 Å². The minimum atomic E-state index is -0.119. The molecule has 2 heterocycles. The first-order chi connectivity index (χ1) is 14.3. The number of nitrogens with zero attached hydrogens (tertiary/aromatic N) is 3. The maximum atomic E-state index is 12.6. The average molecular weight is 413 g/mol. The van der Waals surface area contributed by atoms with Crippen molar-refractivity contribution in [3.8, 4) is 0 Å². The third-order valence-electron chi connectivity index (χ3n) is 5.65. The molecule has 0 saturated carbocycles. The lowest BCUT2D eigenvalue weighted by atomic mass is 10.1. The van der Waals surface area contributed by atoms with Crippen LogP contribution in [0.3, 0.4) is 0 Å². The normalized spacial score (nSPS) is 14.5. The Morgan fingerprint density at radius 2 is 1.67 bits per heavy atom. The summed E-state index contributed by atoms with van der Waals surface area (Å²) in [5.41, 5.74) is 2.35. The van der Waals surface area contributed by atoms with E-state index in [1.54, 1.807) is 21.9 Å². The van der Waals surface area contributed by atoms with Gasteiger partial charge in [0.05, 0.1) is 0 Å². The summed E-state index contributed by atoms with van der Waals surface area (Å²) in [6.07, 6.45) is 0. The maximum Gasteiger partial charge on any atom is 0.317 e. The van der Waals surface area contributed by atoms with E-state index in [0.717, 1.165) is 17.9 Å². The second-order valence-electron chi connectivity index (χ2n) is 8.13. The van der Waals surface area contributed by atoms with E-state index in [-0.39, 0.29) is 11.9 Å². The number of piperazine rings is 1. The summed E-state index contributed by atoms with van der Waals surface area (Å²) in [5.74, 6) is 0.955. The Kier molecular flexibility index (Phi) is 7.15. The molecule has 162 valence electrons. The van der Waals surface area contributed by atoms with Crippen LogP contribution in [0.25, 0.3) is 0 Å². The van der Waals surface area contributed by atoms with E-state index < -0.39 is 0 Å². The fraction of sp³-hybridized carbons (Fsp3) is 0.478. The predicted octanol–water partition coefficient (Wildman–Crippen LogP) is 3.10. The fourth-order valence-corrected chi connectivity index (χ4v) is 3.44. The summed E-state index contributed by atoms with van der Waals surface area (Å²) in [4.78, 5) is 30.9. The number of hydrogen-bond donors (Lipinski definition) is 1. The molecule has 1 aliphatic heterocycles. The quantitative estimate of drug-likeness (QED) is 0.792. The van der Waals surface area contributed by atoms with Crippen LogP contribution in [0.15, 0.2) is 40.8 Å². The number of carbonyl (C=O) groups is 2. The number of hydrogen-bond acceptors (Lipinski definition) is 4. The van der Waals surface area contributed by atoms with E-state index in [9.17, 15) is 9.59 Å². The van der Waals surface area contributed by atoms with Gasteiger partial charge < -0.3 is 19.5 Å². The van der Waals surface area contributed by atoms with Crippen molar-refractivity contribution in [1.29, 1.82) is 0 Å². The molecule has 0 spiro atoms. The monoisotopic (exact) mass is 412 g/mol. The van der Waals surface area contributed by atoms with Crippen molar-refractivity contribution in [2.45, 2.75) is 39.9 Å². The molecule has 1 aliphatic rings. The van der Waals surface area contributed by atoms with Crippen LogP contribution in [-0.2, 0) is 13.1 Å². The van der Waals surface area contributed by atoms with E-state index in [1.807, 2.05) is 19.1 Å². The van der Waals surface area contributed by atoms with Crippen molar-refractivity contribution in [2.75, 3.05) is 33.2 Å². The highest BCUT2D eigenvalue weighted by Crippen LogP contribution is 2.14. The minimum absolute atomic E-state index is 0.0945. The Morgan fingerprint density at radius 3 is 2.27 bits per heavy atom. The highest BCUT2D eigenvalue weighted by molar-refractivity contribution is 5.91. The van der Waals surface area contributed by atoms with Crippen molar-refractivity contribution in [1.82, 2.24) is 20.0 Å². The van der Waals surface area contributed by atoms with Crippen LogP contribution in [0.2, 0.25) is 0 Å². The zero-order valence-corrected chi connectivity index (χ0v) is 18.4. The molecule has 3 rings (SSSR count). The maximum absolute atomic E-state index is 12.6. The number of aryl methyl sites for hydroxylation is 1. The van der Waals surface area contributed by atoms with Crippen molar-refractivity contribution in [3.63, 3.8) is 0 Å². The molecule has 1 aromatic heterocycles. The second kappa shape index (κ2) is 9.80. The Balaban J connectivity index is 1.50. The third-order valence-corrected chi connectivity index (χ3v) is 5.65. The summed E-state index contributed by atoms with van der Waals surface area (Å²) in [6, 6.07) is 12.1. The van der Waals surface area contributed by atoms with Crippen LogP contribution in [-0.4, -0.2) is 65.9 Å². The van der Waals surface area contributed by atoms with Crippen LogP contribution in [0, 0.1) is 6.92 Å². The van der Waals surface area contributed by atoms with Gasteiger partial charge in [-0.25, -0.2) is 4.79 Å². The molecular formula is C23H32N4O3. The van der Waals surface area contributed by atoms with Crippen molar-refractivity contribution < 1.29 is 14.0 Å². The highest BCUT2D eigenvalue weighted by atomic mass is 16.3. The predicted molar refractivity (Wildman–Crippen MR) is 116 cm³/mol. The molecule has 1 saturated heterocycles. The molecule has 1 fully saturated rings. The topological polar surface area (TPSA) is 69.0 Å². The van der Waals surface area contributed by atoms with Gasteiger partial charge in [0.25, 0.3) is 5.91 Å². The van der Waals surface area contributed by atoms with Gasteiger partial charge in [0.15, 0.2) is 5.76 Å². The zero-order chi connectivity index (χ0) is 21.7. The Morgan fingerprint density at radius 1 is 1.03 bits per heavy atom. The molecule has 7 heteroatoms. The minimum Gasteiger partial charge on any atom is -0.456 e. The first-order valence-corrected chi connectivity index (χ1v) is 10.5. The van der Waals surface area contributed by atoms with E-state index in [0.29, 0.717) is 44.5 Å². The molecule has 0 unspecified atom stereocenters. The molecule has 1 aromatic carbocycles. The molecule has 2 aromatic rings. The second-order valence-corrected chi connectivity index (χ2v) is 8.13. The van der Waals surface area contributed by atoms with E-state index in [2.05, 4.69) is 43.2 Å². The molecule has 3 amide bonds. The molecule has 1 N–H and O–H groups in total. The molecule has 7 nitrogen and oxygen atoms in total. The summed E-state index contributed by atoms with van der Waals surface area (Å²) in [7, 11) is 2.10. The van der Waals surface area contributed by atoms with Crippen molar-refractivity contribution in [3.05, 3.63) is 59.0 Å². The average Bonchev–Trinajstić information content (AvgIpc) is 3.18. The number of urea groups is 1. The first kappa shape index (κ1) is 21.9. The largest absolute Gasteiger partial charge is 0.456 e. The lowest BCUT2D eigenvalue weighted by Crippen LogP contribution is -2.53. The Hall–Kier alpha value is -2.80. The summed E-state index contributed by atoms with van der Waals surface area (Å²) in [6.45, 7) is 9.51. The van der Waals surface area contributed by atoms with Crippen molar-refractivity contribution >= 4 is 11.9 Å². The lowest BCUT2D eigenvalue weighted by molar-refractivity contribution is 0.0632. The molecule has 30 heavy (non-hydrogen) atoms. The summed E-state index contributed by atoms with van der Waals surface area (Å²) < 4.78 is 5.43. The highest BCUT2D eigenvalue weighted by Gasteiger charge is 2.26. The van der Waals surface area contributed by atoms with Crippen LogP contribution >= 0.6 is 0 Å². The molecule has 0 bridgehead atoms. The van der Waals surface area contributed by atoms with Crippen molar-refractivity contribution in [2.24, 2.45) is 0 Å². The zero-order valence-electron chi connectivity index (χ0n) is 18.4. The van der Waals surface area contributed by atoms with Gasteiger partial charge in [-0.1, -0.05) is 24.3 Å². The van der Waals surface area contributed by atoms with Gasteiger partial charge in [-0.2, -0.15) is 0 Å². The van der Waals surface area contributed by atoms with Gasteiger partial charge in [0.2, 0.25) is 0 Å². The fourth-order valence-electron chi connectivity index (χ4n) is 3.44. The van der Waals surface area contributed by atoms with Crippen LogP contribution in [0.4, 0.5) is 4.79 Å². The number of benzene rings is 1. The number of nitrogens with one attached hydrogen (secondary N) is 1. The molecule has 0 atom stereocenters. The third kappa shape index (κ3) is 5.42. The van der Waals surface area contributed by atoms with Gasteiger partial charge in [-0.15, -0.1) is 0 Å². The summed E-state index contributed by atoms with van der Waals surface area (Å²) in [5, 5.41) is 3.04. The molecule has 0 aliphatic carbocycles. The van der Waals surface area contributed by atoms with Crippen LogP contribution < -0.4 is 5.32 Å². The van der Waals surface area contributed by atoms with E-state index in [4.69, 9.17) is 4.42 Å². The van der Waals surface area contributed by atoms with E-state index >= 15 is 0 Å². The van der Waals surface area contributed by atoms with Gasteiger partial charge in [-0.05, 0) is 51.1 Å². The van der Waals surface area contributed by atoms with Gasteiger partial charge in [-0.3, -0.25) is 9.69 Å². The Labute approximate surface area is 178 Å².